The molecule has 92 valence electrons. The van der Waals surface area contributed by atoms with Crippen LogP contribution >= 0.6 is 0 Å². The van der Waals surface area contributed by atoms with Gasteiger partial charge < -0.3 is 0 Å². The fourth-order valence-corrected chi connectivity index (χ4v) is 2.60. The number of hydrogen-bond donors (Lipinski definition) is 2. The van der Waals surface area contributed by atoms with E-state index in [1.807, 2.05) is 0 Å². The Balaban J connectivity index is 2.93. The summed E-state index contributed by atoms with van der Waals surface area (Å²) in [5.74, 6) is 0. The summed E-state index contributed by atoms with van der Waals surface area (Å²) in [5.41, 5.74) is -0.393. The molecular weight excluding hydrogens is 272 g/mol. The number of imidazole rings is 1. The van der Waals surface area contributed by atoms with Gasteiger partial charge in [0.1, 0.15) is 16.7 Å². The Morgan fingerprint density at radius 1 is 1.12 bits per heavy atom. The van der Waals surface area contributed by atoms with Crippen LogP contribution in [0, 0.1) is 0 Å². The largest absolute Gasteiger partial charge is 0.365 e. The minimum Gasteiger partial charge on any atom is -0.282 e. The lowest BCUT2D eigenvalue weighted by Gasteiger charge is -2.00. The maximum atomic E-state index is 11.0. The monoisotopic (exact) mass is 278 g/mol. The predicted octanol–water partition coefficient (Wildman–Crippen LogP) is -0.0661. The second-order valence-corrected chi connectivity index (χ2v) is 5.80. The van der Waals surface area contributed by atoms with Gasteiger partial charge in [0.2, 0.25) is 0 Å². The van der Waals surface area contributed by atoms with E-state index >= 15 is 0 Å². The Bertz CT molecular complexity index is 789. The zero-order chi connectivity index (χ0) is 12.8. The molecule has 0 atom stereocenters. The maximum Gasteiger partial charge on any atom is 0.365 e. The van der Waals surface area contributed by atoms with E-state index < -0.39 is 25.3 Å². The van der Waals surface area contributed by atoms with Crippen LogP contribution in [0.3, 0.4) is 0 Å². The average molecular weight is 278 g/mol. The lowest BCUT2D eigenvalue weighted by molar-refractivity contribution is 0.473. The minimum absolute atomic E-state index is 0.150. The van der Waals surface area contributed by atoms with Crippen molar-refractivity contribution in [1.82, 2.24) is 8.96 Å². The fraction of sp³-hybridized carbons (Fsp3) is 0. The smallest absolute Gasteiger partial charge is 0.282 e. The van der Waals surface area contributed by atoms with Crippen molar-refractivity contribution in [3.8, 4) is 0 Å². The standard InChI is InChI=1S/C7H6N2O6S2/c10-16(11,12)6-3-1-2-5-7(6)8-4-9(5)17(13,14)15/h1-4H,(H,10,11,12)(H,13,14,15). The van der Waals surface area contributed by atoms with E-state index in [9.17, 15) is 16.8 Å². The van der Waals surface area contributed by atoms with E-state index in [1.54, 1.807) is 0 Å². The molecule has 0 unspecified atom stereocenters. The van der Waals surface area contributed by atoms with Crippen LogP contribution in [0.1, 0.15) is 0 Å². The first-order chi connectivity index (χ1) is 7.71. The van der Waals surface area contributed by atoms with E-state index in [4.69, 9.17) is 9.11 Å². The molecule has 0 saturated carbocycles. The molecule has 0 aliphatic carbocycles. The highest BCUT2D eigenvalue weighted by atomic mass is 32.2. The van der Waals surface area contributed by atoms with Gasteiger partial charge in [-0.3, -0.25) is 9.11 Å². The number of para-hydroxylation sites is 1. The third kappa shape index (κ3) is 2.02. The first-order valence-corrected chi connectivity index (χ1v) is 6.96. The van der Waals surface area contributed by atoms with Gasteiger partial charge >= 0.3 is 10.3 Å². The normalized spacial score (nSPS) is 13.1. The molecular formula is C7H6N2O6S2. The van der Waals surface area contributed by atoms with Crippen molar-refractivity contribution in [3.63, 3.8) is 0 Å². The highest BCUT2D eigenvalue weighted by Gasteiger charge is 2.20. The van der Waals surface area contributed by atoms with Crippen molar-refractivity contribution in [1.29, 1.82) is 0 Å². The molecule has 0 amide bonds. The van der Waals surface area contributed by atoms with E-state index in [0.717, 1.165) is 12.4 Å². The number of rotatable bonds is 2. The third-order valence-electron chi connectivity index (χ3n) is 2.03. The van der Waals surface area contributed by atoms with Gasteiger partial charge in [0.15, 0.2) is 0 Å². The van der Waals surface area contributed by atoms with Crippen LogP contribution in [0.4, 0.5) is 0 Å². The Morgan fingerprint density at radius 3 is 2.29 bits per heavy atom. The number of hydrogen-bond acceptors (Lipinski definition) is 5. The summed E-state index contributed by atoms with van der Waals surface area (Å²) in [4.78, 5) is 3.01. The van der Waals surface area contributed by atoms with Gasteiger partial charge in [-0.2, -0.15) is 16.8 Å². The van der Waals surface area contributed by atoms with Crippen LogP contribution in [0.5, 0.6) is 0 Å². The van der Waals surface area contributed by atoms with Gasteiger partial charge in [-0.1, -0.05) is 6.07 Å². The Labute approximate surface area is 96.1 Å². The topological polar surface area (TPSA) is 127 Å². The highest BCUT2D eigenvalue weighted by molar-refractivity contribution is 7.86. The van der Waals surface area contributed by atoms with Gasteiger partial charge in [-0.15, -0.1) is 0 Å². The van der Waals surface area contributed by atoms with Crippen LogP contribution < -0.4 is 0 Å². The minimum atomic E-state index is -4.57. The number of aromatic nitrogens is 2. The van der Waals surface area contributed by atoms with Crippen molar-refractivity contribution in [2.75, 3.05) is 0 Å². The summed E-state index contributed by atoms with van der Waals surface area (Å²) in [5, 5.41) is 0. The van der Waals surface area contributed by atoms with Gasteiger partial charge in [0.25, 0.3) is 10.1 Å². The molecule has 1 aromatic carbocycles. The first-order valence-electron chi connectivity index (χ1n) is 4.13. The Kier molecular flexibility index (Phi) is 2.47. The summed E-state index contributed by atoms with van der Waals surface area (Å²) in [6.45, 7) is 0. The van der Waals surface area contributed by atoms with Crippen molar-refractivity contribution >= 4 is 31.5 Å². The summed E-state index contributed by atoms with van der Waals surface area (Å²) >= 11 is 0. The lowest BCUT2D eigenvalue weighted by atomic mass is 10.3. The molecule has 0 aliphatic rings. The zero-order valence-corrected chi connectivity index (χ0v) is 9.68. The summed E-state index contributed by atoms with van der Waals surface area (Å²) in [6.07, 6.45) is 0.745. The van der Waals surface area contributed by atoms with Crippen molar-refractivity contribution in [2.24, 2.45) is 0 Å². The second kappa shape index (κ2) is 3.50. The predicted molar refractivity (Wildman–Crippen MR) is 56.5 cm³/mol. The number of nitrogens with zero attached hydrogens (tertiary/aromatic N) is 2. The molecule has 2 aromatic rings. The van der Waals surface area contributed by atoms with E-state index in [0.29, 0.717) is 3.97 Å². The van der Waals surface area contributed by atoms with Crippen molar-refractivity contribution in [3.05, 3.63) is 24.5 Å². The van der Waals surface area contributed by atoms with Gasteiger partial charge in [0.05, 0.1) is 5.52 Å². The molecule has 0 aliphatic heterocycles. The highest BCUT2D eigenvalue weighted by Crippen LogP contribution is 2.22. The fourth-order valence-electron chi connectivity index (χ4n) is 1.38. The molecule has 1 aromatic heterocycles. The van der Waals surface area contributed by atoms with E-state index in [-0.39, 0.29) is 11.0 Å². The van der Waals surface area contributed by atoms with Crippen molar-refractivity contribution in [2.45, 2.75) is 4.90 Å². The Hall–Kier alpha value is -1.49. The number of fused-ring (bicyclic) bond motifs is 1. The van der Waals surface area contributed by atoms with E-state index in [1.165, 1.54) is 12.1 Å². The van der Waals surface area contributed by atoms with Crippen LogP contribution in [-0.2, 0) is 20.4 Å². The van der Waals surface area contributed by atoms with Gasteiger partial charge in [-0.25, -0.2) is 8.96 Å². The number of benzene rings is 1. The Morgan fingerprint density at radius 2 is 1.76 bits per heavy atom. The summed E-state index contributed by atoms with van der Waals surface area (Å²) in [6, 6.07) is 3.53. The molecule has 0 bridgehead atoms. The van der Waals surface area contributed by atoms with E-state index in [2.05, 4.69) is 4.98 Å². The molecule has 8 nitrogen and oxygen atoms in total. The van der Waals surface area contributed by atoms with Crippen LogP contribution in [0.2, 0.25) is 0 Å². The maximum absolute atomic E-state index is 11.0. The molecule has 0 spiro atoms. The third-order valence-corrected chi connectivity index (χ3v) is 3.71. The second-order valence-electron chi connectivity index (χ2n) is 3.12. The van der Waals surface area contributed by atoms with Gasteiger partial charge in [-0.05, 0) is 12.1 Å². The molecule has 0 fully saturated rings. The quantitative estimate of drug-likeness (QED) is 0.736. The first kappa shape index (κ1) is 12.0. The molecule has 17 heavy (non-hydrogen) atoms. The molecule has 2 rings (SSSR count). The summed E-state index contributed by atoms with van der Waals surface area (Å²) < 4.78 is 62.0. The van der Waals surface area contributed by atoms with Crippen LogP contribution in [-0.4, -0.2) is 34.9 Å². The average Bonchev–Trinajstić information content (AvgIpc) is 2.57. The van der Waals surface area contributed by atoms with Crippen molar-refractivity contribution < 1.29 is 25.9 Å². The molecule has 2 N–H and O–H groups in total. The lowest BCUT2D eigenvalue weighted by Crippen LogP contribution is -2.09. The summed E-state index contributed by atoms with van der Waals surface area (Å²) in [7, 11) is -9.08. The molecule has 0 saturated heterocycles. The molecule has 10 heteroatoms. The van der Waals surface area contributed by atoms with Crippen LogP contribution in [0.25, 0.3) is 11.0 Å². The molecule has 1 heterocycles. The molecule has 0 radical (unpaired) electrons. The van der Waals surface area contributed by atoms with Gasteiger partial charge in [0, 0.05) is 0 Å². The zero-order valence-electron chi connectivity index (χ0n) is 8.05. The SMILES string of the molecule is O=S(=O)(O)c1cccc2c1ncn2S(=O)(=O)O. The van der Waals surface area contributed by atoms with Crippen LogP contribution in [0.15, 0.2) is 29.4 Å².